The van der Waals surface area contributed by atoms with E-state index in [2.05, 4.69) is 25.8 Å². The van der Waals surface area contributed by atoms with Gasteiger partial charge in [-0.1, -0.05) is 23.4 Å². The Balaban J connectivity index is 1.68. The van der Waals surface area contributed by atoms with Crippen LogP contribution in [0.2, 0.25) is 0 Å². The smallest absolute Gasteiger partial charge is 0.267 e. The molecule has 2 aromatic heterocycles. The second kappa shape index (κ2) is 6.61. The molecule has 1 aromatic carbocycles. The number of rotatable bonds is 4. The van der Waals surface area contributed by atoms with Crippen LogP contribution in [0.4, 0.5) is 0 Å². The average molecular weight is 306 g/mol. The molecule has 0 spiro atoms. The van der Waals surface area contributed by atoms with E-state index < -0.39 is 0 Å². The van der Waals surface area contributed by atoms with Crippen LogP contribution in [-0.4, -0.2) is 32.1 Å². The van der Waals surface area contributed by atoms with Gasteiger partial charge in [-0.05, 0) is 30.7 Å². The van der Waals surface area contributed by atoms with Crippen molar-refractivity contribution < 1.29 is 4.79 Å². The first kappa shape index (κ1) is 14.6. The lowest BCUT2D eigenvalue weighted by molar-refractivity contribution is 0.0955. The highest BCUT2D eigenvalue weighted by Gasteiger charge is 2.04. The molecule has 2 heterocycles. The van der Waals surface area contributed by atoms with Crippen LogP contribution < -0.4 is 5.43 Å². The summed E-state index contributed by atoms with van der Waals surface area (Å²) in [7, 11) is 0. The monoisotopic (exact) mass is 306 g/mol. The van der Waals surface area contributed by atoms with Gasteiger partial charge in [0, 0.05) is 18.0 Å². The highest BCUT2D eigenvalue weighted by molar-refractivity contribution is 5.94. The summed E-state index contributed by atoms with van der Waals surface area (Å²) in [6, 6.07) is 11.1. The molecule has 0 radical (unpaired) electrons. The minimum Gasteiger partial charge on any atom is -0.267 e. The fraction of sp³-hybridized carbons (Fsp3) is 0.0625. The van der Waals surface area contributed by atoms with Crippen molar-refractivity contribution >= 4 is 12.1 Å². The van der Waals surface area contributed by atoms with Crippen molar-refractivity contribution in [3.8, 4) is 5.69 Å². The summed E-state index contributed by atoms with van der Waals surface area (Å²) >= 11 is 0. The largest absolute Gasteiger partial charge is 0.271 e. The van der Waals surface area contributed by atoms with Crippen molar-refractivity contribution in [2.45, 2.75) is 6.92 Å². The van der Waals surface area contributed by atoms with Gasteiger partial charge in [0.15, 0.2) is 0 Å². The molecule has 0 aliphatic heterocycles. The summed E-state index contributed by atoms with van der Waals surface area (Å²) in [5.41, 5.74) is 5.50. The maximum atomic E-state index is 11.8. The summed E-state index contributed by atoms with van der Waals surface area (Å²) in [5, 5.41) is 11.9. The van der Waals surface area contributed by atoms with Gasteiger partial charge in [-0.25, -0.2) is 10.1 Å². The second-order valence-electron chi connectivity index (χ2n) is 4.81. The van der Waals surface area contributed by atoms with Crippen LogP contribution in [0.15, 0.2) is 60.1 Å². The number of carbonyl (C=O) groups excluding carboxylic acids is 1. The molecule has 3 aromatic rings. The molecule has 1 amide bonds. The molecule has 1 N–H and O–H groups in total. The van der Waals surface area contributed by atoms with E-state index >= 15 is 0 Å². The van der Waals surface area contributed by atoms with E-state index in [9.17, 15) is 4.79 Å². The first-order chi connectivity index (χ1) is 11.2. The lowest BCUT2D eigenvalue weighted by Crippen LogP contribution is -2.17. The maximum Gasteiger partial charge on any atom is 0.271 e. The third-order valence-electron chi connectivity index (χ3n) is 3.18. The van der Waals surface area contributed by atoms with Gasteiger partial charge in [-0.2, -0.15) is 5.10 Å². The van der Waals surface area contributed by atoms with Crippen molar-refractivity contribution in [1.82, 2.24) is 25.4 Å². The molecule has 0 aliphatic rings. The molecule has 0 saturated carbocycles. The number of nitrogens with one attached hydrogen (secondary N) is 1. The lowest BCUT2D eigenvalue weighted by Gasteiger charge is -2.02. The Labute approximate surface area is 132 Å². The summed E-state index contributed by atoms with van der Waals surface area (Å²) in [6.07, 6.45) is 6.28. The van der Waals surface area contributed by atoms with E-state index in [0.29, 0.717) is 11.3 Å². The van der Waals surface area contributed by atoms with Crippen LogP contribution in [-0.2, 0) is 0 Å². The Bertz CT molecular complexity index is 841. The van der Waals surface area contributed by atoms with Gasteiger partial charge in [0.2, 0.25) is 0 Å². The minimum atomic E-state index is -0.310. The van der Waals surface area contributed by atoms with Crippen molar-refractivity contribution in [3.63, 3.8) is 0 Å². The zero-order valence-electron chi connectivity index (χ0n) is 12.4. The van der Waals surface area contributed by atoms with Gasteiger partial charge >= 0.3 is 0 Å². The van der Waals surface area contributed by atoms with E-state index in [1.165, 1.54) is 6.21 Å². The predicted octanol–water partition coefficient (Wildman–Crippen LogP) is 1.73. The third kappa shape index (κ3) is 3.46. The number of pyridine rings is 1. The van der Waals surface area contributed by atoms with Crippen molar-refractivity contribution in [2.75, 3.05) is 0 Å². The molecule has 0 bridgehead atoms. The van der Waals surface area contributed by atoms with Crippen LogP contribution in [0.5, 0.6) is 0 Å². The molecule has 0 atom stereocenters. The normalized spacial score (nSPS) is 10.8. The van der Waals surface area contributed by atoms with E-state index in [1.54, 1.807) is 35.4 Å². The number of hydrogen-bond donors (Lipinski definition) is 1. The Morgan fingerprint density at radius 2 is 2.00 bits per heavy atom. The van der Waals surface area contributed by atoms with Gasteiger partial charge < -0.3 is 0 Å². The maximum absolute atomic E-state index is 11.8. The quantitative estimate of drug-likeness (QED) is 0.587. The molecule has 7 nitrogen and oxygen atoms in total. The minimum absolute atomic E-state index is 0.310. The number of amides is 1. The summed E-state index contributed by atoms with van der Waals surface area (Å²) in [4.78, 5) is 15.7. The highest BCUT2D eigenvalue weighted by atomic mass is 16.2. The molecule has 0 aliphatic carbocycles. The van der Waals surface area contributed by atoms with Crippen LogP contribution in [0, 0.1) is 6.92 Å². The van der Waals surface area contributed by atoms with Crippen molar-refractivity contribution in [2.24, 2.45) is 5.10 Å². The molecule has 114 valence electrons. The molecule has 3 rings (SSSR count). The molecule has 23 heavy (non-hydrogen) atoms. The van der Waals surface area contributed by atoms with Crippen molar-refractivity contribution in [3.05, 3.63) is 71.8 Å². The van der Waals surface area contributed by atoms with Crippen LogP contribution in [0.3, 0.4) is 0 Å². The first-order valence-corrected chi connectivity index (χ1v) is 6.96. The van der Waals surface area contributed by atoms with E-state index in [1.807, 2.05) is 31.2 Å². The number of benzene rings is 1. The summed E-state index contributed by atoms with van der Waals surface area (Å²) in [6.45, 7) is 2.00. The number of hydrogen-bond acceptors (Lipinski definition) is 5. The lowest BCUT2D eigenvalue weighted by atomic mass is 10.2. The molecule has 0 unspecified atom stereocenters. The molecule has 7 heteroatoms. The molecular formula is C16H14N6O. The van der Waals surface area contributed by atoms with Gasteiger partial charge in [0.05, 0.1) is 18.1 Å². The number of aromatic nitrogens is 4. The summed E-state index contributed by atoms with van der Waals surface area (Å²) in [5.74, 6) is -0.310. The predicted molar refractivity (Wildman–Crippen MR) is 85.4 cm³/mol. The number of para-hydroxylation sites is 1. The molecular weight excluding hydrogens is 292 g/mol. The second-order valence-corrected chi connectivity index (χ2v) is 4.81. The Hall–Kier alpha value is -3.35. The van der Waals surface area contributed by atoms with Gasteiger partial charge in [0.25, 0.3) is 5.91 Å². The standard InChI is InChI=1S/C16H14N6O/c1-12-4-2-3-5-15(12)22-11-14(19-21-22)10-18-20-16(23)13-6-8-17-9-7-13/h2-11H,1H3,(H,20,23)/b18-10+. The van der Waals surface area contributed by atoms with Crippen molar-refractivity contribution in [1.29, 1.82) is 0 Å². The first-order valence-electron chi connectivity index (χ1n) is 6.96. The van der Waals surface area contributed by atoms with E-state index in [4.69, 9.17) is 0 Å². The third-order valence-corrected chi connectivity index (χ3v) is 3.18. The zero-order valence-corrected chi connectivity index (χ0v) is 12.4. The van der Waals surface area contributed by atoms with E-state index in [0.717, 1.165) is 11.3 Å². The number of hydrazone groups is 1. The van der Waals surface area contributed by atoms with Gasteiger partial charge in [-0.15, -0.1) is 5.10 Å². The van der Waals surface area contributed by atoms with Crippen LogP contribution in [0.25, 0.3) is 5.69 Å². The van der Waals surface area contributed by atoms with E-state index in [-0.39, 0.29) is 5.91 Å². The fourth-order valence-corrected chi connectivity index (χ4v) is 2.00. The molecule has 0 fully saturated rings. The van der Waals surface area contributed by atoms with Crippen LogP contribution in [0.1, 0.15) is 21.6 Å². The number of nitrogens with zero attached hydrogens (tertiary/aromatic N) is 5. The number of carbonyl (C=O) groups is 1. The molecule has 0 saturated heterocycles. The topological polar surface area (TPSA) is 85.1 Å². The van der Waals surface area contributed by atoms with Crippen LogP contribution >= 0.6 is 0 Å². The van der Waals surface area contributed by atoms with Gasteiger partial charge in [-0.3, -0.25) is 9.78 Å². The average Bonchev–Trinajstić information content (AvgIpc) is 3.04. The zero-order chi connectivity index (χ0) is 16.1. The Kier molecular flexibility index (Phi) is 4.19. The fourth-order valence-electron chi connectivity index (χ4n) is 2.00. The Morgan fingerprint density at radius 1 is 1.22 bits per heavy atom. The number of aryl methyl sites for hydroxylation is 1. The Morgan fingerprint density at radius 3 is 2.78 bits per heavy atom. The summed E-state index contributed by atoms with van der Waals surface area (Å²) < 4.78 is 1.67. The SMILES string of the molecule is Cc1ccccc1-n1cc(/C=N/NC(=O)c2ccncc2)nn1. The van der Waals surface area contributed by atoms with Gasteiger partial charge in [0.1, 0.15) is 5.69 Å². The highest BCUT2D eigenvalue weighted by Crippen LogP contribution is 2.11.